The Kier molecular flexibility index (Phi) is 5.80. The van der Waals surface area contributed by atoms with E-state index in [-0.39, 0.29) is 31.7 Å². The summed E-state index contributed by atoms with van der Waals surface area (Å²) in [5.74, 6) is -3.81. The highest BCUT2D eigenvalue weighted by atomic mass is 19.3. The average Bonchev–Trinajstić information content (AvgIpc) is 3.06. The monoisotopic (exact) mass is 400 g/mol. The lowest BCUT2D eigenvalue weighted by atomic mass is 9.92. The fourth-order valence-corrected chi connectivity index (χ4v) is 3.44. The number of carbonyl (C=O) groups excluding carboxylic acids is 1. The number of hydrogen-bond acceptors (Lipinski definition) is 6. The molecule has 1 aromatic heterocycles. The third kappa shape index (κ3) is 5.17. The number of carboxylic acid groups (broad SMARTS) is 1. The summed E-state index contributed by atoms with van der Waals surface area (Å²) in [6.07, 6.45) is 0.881. The van der Waals surface area contributed by atoms with Crippen LogP contribution >= 0.6 is 0 Å². The molecule has 0 radical (unpaired) electrons. The molecule has 0 unspecified atom stereocenters. The van der Waals surface area contributed by atoms with Crippen molar-refractivity contribution in [3.8, 4) is 0 Å². The summed E-state index contributed by atoms with van der Waals surface area (Å²) in [7, 11) is 0. The van der Waals surface area contributed by atoms with Crippen molar-refractivity contribution < 1.29 is 28.2 Å². The zero-order valence-electron chi connectivity index (χ0n) is 15.1. The van der Waals surface area contributed by atoms with Crippen LogP contribution in [0.5, 0.6) is 0 Å². The molecular weight excluding hydrogens is 378 g/mol. The number of rotatable bonds is 5. The normalized spacial score (nSPS) is 22.1. The van der Waals surface area contributed by atoms with Gasteiger partial charge in [-0.25, -0.2) is 18.3 Å². The number of alkyl halides is 2. The first-order chi connectivity index (χ1) is 13.2. The molecule has 1 aliphatic carbocycles. The quantitative estimate of drug-likeness (QED) is 0.764. The second-order valence-electron chi connectivity index (χ2n) is 7.14. The molecule has 1 aliphatic heterocycles. The minimum absolute atomic E-state index is 0.219. The van der Waals surface area contributed by atoms with E-state index in [1.165, 1.54) is 12.3 Å². The Balaban J connectivity index is 1.49. The van der Waals surface area contributed by atoms with Gasteiger partial charge in [0.05, 0.1) is 18.4 Å². The number of carboxylic acids is 1. The third-order valence-electron chi connectivity index (χ3n) is 4.96. The lowest BCUT2D eigenvalue weighted by molar-refractivity contribution is -0.138. The number of nitrogens with zero attached hydrogens (tertiary/aromatic N) is 3. The van der Waals surface area contributed by atoms with Crippen LogP contribution in [-0.2, 0) is 16.1 Å². The van der Waals surface area contributed by atoms with Crippen LogP contribution < -0.4 is 15.8 Å². The molecule has 2 fully saturated rings. The SMILES string of the molecule is O=C(O)Cn1ncc(N2CC[C@@H](OC(=O)NC3CCC(F)(F)CC3)C2)cc1=O. The van der Waals surface area contributed by atoms with Crippen molar-refractivity contribution >= 4 is 17.7 Å². The molecule has 154 valence electrons. The number of aromatic nitrogens is 2. The van der Waals surface area contributed by atoms with Crippen molar-refractivity contribution in [1.29, 1.82) is 0 Å². The van der Waals surface area contributed by atoms with E-state index >= 15 is 0 Å². The van der Waals surface area contributed by atoms with E-state index in [0.717, 1.165) is 4.68 Å². The second-order valence-corrected chi connectivity index (χ2v) is 7.14. The van der Waals surface area contributed by atoms with Gasteiger partial charge < -0.3 is 20.1 Å². The lowest BCUT2D eigenvalue weighted by Gasteiger charge is -2.28. The largest absolute Gasteiger partial charge is 0.480 e. The first kappa shape index (κ1) is 20.0. The topological polar surface area (TPSA) is 114 Å². The number of carbonyl (C=O) groups is 2. The zero-order chi connectivity index (χ0) is 20.3. The van der Waals surface area contributed by atoms with Crippen molar-refractivity contribution in [3.05, 3.63) is 22.6 Å². The summed E-state index contributed by atoms with van der Waals surface area (Å²) in [4.78, 5) is 36.4. The fraction of sp³-hybridized carbons (Fsp3) is 0.647. The molecule has 2 aliphatic rings. The molecule has 2 N–H and O–H groups in total. The predicted molar refractivity (Wildman–Crippen MR) is 93.6 cm³/mol. The van der Waals surface area contributed by atoms with Gasteiger partial charge in [-0.05, 0) is 12.8 Å². The Morgan fingerprint density at radius 1 is 1.32 bits per heavy atom. The zero-order valence-corrected chi connectivity index (χ0v) is 15.1. The van der Waals surface area contributed by atoms with Crippen molar-refractivity contribution in [2.24, 2.45) is 0 Å². The number of nitrogens with one attached hydrogen (secondary N) is 1. The van der Waals surface area contributed by atoms with Gasteiger partial charge in [0.15, 0.2) is 0 Å². The van der Waals surface area contributed by atoms with E-state index < -0.39 is 36.2 Å². The Morgan fingerprint density at radius 3 is 2.68 bits per heavy atom. The molecule has 11 heteroatoms. The van der Waals surface area contributed by atoms with Gasteiger partial charge in [-0.2, -0.15) is 5.10 Å². The van der Waals surface area contributed by atoms with Crippen LogP contribution in [0.15, 0.2) is 17.1 Å². The van der Waals surface area contributed by atoms with Gasteiger partial charge in [-0.1, -0.05) is 0 Å². The van der Waals surface area contributed by atoms with Crippen molar-refractivity contribution in [2.45, 2.75) is 56.7 Å². The number of alkyl carbamates (subject to hydrolysis) is 1. The van der Waals surface area contributed by atoms with Crippen LogP contribution in [0.25, 0.3) is 0 Å². The van der Waals surface area contributed by atoms with Gasteiger partial charge in [0.2, 0.25) is 5.92 Å². The first-order valence-electron chi connectivity index (χ1n) is 9.11. The van der Waals surface area contributed by atoms with E-state index in [0.29, 0.717) is 25.2 Å². The van der Waals surface area contributed by atoms with E-state index in [9.17, 15) is 23.2 Å². The standard InChI is InChI=1S/C17H22F2N4O5/c18-17(19)4-1-11(2-5-17)21-16(27)28-13-3-6-22(9-13)12-7-14(24)23(20-8-12)10-15(25)26/h7-8,11,13H,1-6,9-10H2,(H,21,27)(H,25,26)/t13-/m1/s1. The average molecular weight is 400 g/mol. The van der Waals surface area contributed by atoms with Gasteiger partial charge >= 0.3 is 12.1 Å². The minimum Gasteiger partial charge on any atom is -0.480 e. The molecule has 1 amide bonds. The molecule has 28 heavy (non-hydrogen) atoms. The van der Waals surface area contributed by atoms with E-state index in [1.54, 1.807) is 0 Å². The first-order valence-corrected chi connectivity index (χ1v) is 9.11. The maximum Gasteiger partial charge on any atom is 0.407 e. The highest BCUT2D eigenvalue weighted by Gasteiger charge is 2.36. The maximum absolute atomic E-state index is 13.2. The van der Waals surface area contributed by atoms with Gasteiger partial charge in [0.25, 0.3) is 5.56 Å². The summed E-state index contributed by atoms with van der Waals surface area (Å²) >= 11 is 0. The van der Waals surface area contributed by atoms with Crippen LogP contribution in [0.1, 0.15) is 32.1 Å². The molecule has 0 aromatic carbocycles. The molecule has 0 spiro atoms. The summed E-state index contributed by atoms with van der Waals surface area (Å²) in [5, 5.41) is 15.2. The van der Waals surface area contributed by atoms with E-state index in [2.05, 4.69) is 10.4 Å². The molecule has 3 rings (SSSR count). The molecule has 9 nitrogen and oxygen atoms in total. The summed E-state index contributed by atoms with van der Waals surface area (Å²) in [6, 6.07) is 0.983. The number of halogens is 2. The van der Waals surface area contributed by atoms with Gasteiger partial charge in [-0.15, -0.1) is 0 Å². The Hall–Kier alpha value is -2.72. The molecule has 1 atom stereocenters. The van der Waals surface area contributed by atoms with E-state index in [1.807, 2.05) is 4.90 Å². The van der Waals surface area contributed by atoms with Crippen LogP contribution in [0.3, 0.4) is 0 Å². The van der Waals surface area contributed by atoms with Gasteiger partial charge in [0.1, 0.15) is 12.6 Å². The van der Waals surface area contributed by atoms with E-state index in [4.69, 9.17) is 9.84 Å². The third-order valence-corrected chi connectivity index (χ3v) is 4.96. The molecule has 0 bridgehead atoms. The number of anilines is 1. The Labute approximate surface area is 159 Å². The summed E-state index contributed by atoms with van der Waals surface area (Å²) in [6.45, 7) is 0.385. The highest BCUT2D eigenvalue weighted by molar-refractivity contribution is 5.68. The summed E-state index contributed by atoms with van der Waals surface area (Å²) in [5.41, 5.74) is -0.0104. The Morgan fingerprint density at radius 2 is 2.04 bits per heavy atom. The van der Waals surface area contributed by atoms with Gasteiger partial charge in [0, 0.05) is 37.9 Å². The molecule has 1 saturated heterocycles. The molecular formula is C17H22F2N4O5. The van der Waals surface area contributed by atoms with Crippen molar-refractivity contribution in [3.63, 3.8) is 0 Å². The van der Waals surface area contributed by atoms with Crippen molar-refractivity contribution in [2.75, 3.05) is 18.0 Å². The number of amides is 1. The maximum atomic E-state index is 13.2. The van der Waals surface area contributed by atoms with Crippen LogP contribution in [0.2, 0.25) is 0 Å². The fourth-order valence-electron chi connectivity index (χ4n) is 3.44. The van der Waals surface area contributed by atoms with Gasteiger partial charge in [-0.3, -0.25) is 9.59 Å². The molecule has 1 aromatic rings. The second kappa shape index (κ2) is 8.11. The van der Waals surface area contributed by atoms with Crippen LogP contribution in [-0.4, -0.2) is 58.1 Å². The van der Waals surface area contributed by atoms with Crippen LogP contribution in [0, 0.1) is 0 Å². The Bertz CT molecular complexity index is 790. The molecule has 1 saturated carbocycles. The minimum atomic E-state index is -2.65. The number of hydrogen-bond donors (Lipinski definition) is 2. The predicted octanol–water partition coefficient (Wildman–Crippen LogP) is 1.21. The van der Waals surface area contributed by atoms with Crippen LogP contribution in [0.4, 0.5) is 19.3 Å². The highest BCUT2D eigenvalue weighted by Crippen LogP contribution is 2.33. The van der Waals surface area contributed by atoms with Crippen molar-refractivity contribution in [1.82, 2.24) is 15.1 Å². The lowest BCUT2D eigenvalue weighted by Crippen LogP contribution is -2.42. The summed E-state index contributed by atoms with van der Waals surface area (Å²) < 4.78 is 32.5. The number of aliphatic carboxylic acids is 1. The number of ether oxygens (including phenoxy) is 1. The smallest absolute Gasteiger partial charge is 0.407 e. The molecule has 2 heterocycles.